The molecule has 1 aromatic rings. The van der Waals surface area contributed by atoms with Crippen LogP contribution in [0.25, 0.3) is 0 Å². The maximum Gasteiger partial charge on any atom is 0.351 e. The Morgan fingerprint density at radius 3 is 2.94 bits per heavy atom. The number of aliphatic hydroxyl groups excluding tert-OH is 1. The molecule has 1 aliphatic rings. The average Bonchev–Trinajstić information content (AvgIpc) is 2.61. The fourth-order valence-corrected chi connectivity index (χ4v) is 2.21. The van der Waals surface area contributed by atoms with Crippen molar-refractivity contribution in [1.29, 1.82) is 0 Å². The van der Waals surface area contributed by atoms with Crippen LogP contribution in [0.2, 0.25) is 0 Å². The van der Waals surface area contributed by atoms with E-state index in [-0.39, 0.29) is 5.82 Å². The number of anilines is 1. The maximum absolute atomic E-state index is 13.9. The Morgan fingerprint density at radius 2 is 2.39 bits per heavy atom. The number of hydrogen-bond acceptors (Lipinski definition) is 5. The number of alkyl halides is 1. The average molecular weight is 321 g/mol. The van der Waals surface area contributed by atoms with Gasteiger partial charge in [-0.1, -0.05) is 6.92 Å². The highest BCUT2D eigenvalue weighted by Crippen LogP contribution is 2.32. The highest BCUT2D eigenvalue weighted by Gasteiger charge is 2.44. The van der Waals surface area contributed by atoms with Crippen LogP contribution in [0.5, 0.6) is 0 Å². The molecule has 0 aromatic carbocycles. The van der Waals surface area contributed by atoms with E-state index in [2.05, 4.69) is 20.9 Å². The summed E-state index contributed by atoms with van der Waals surface area (Å²) in [4.78, 5) is 15.2. The first kappa shape index (κ1) is 13.4. The molecule has 0 aliphatic carbocycles. The summed E-state index contributed by atoms with van der Waals surface area (Å²) in [7, 11) is 0. The van der Waals surface area contributed by atoms with Crippen LogP contribution >= 0.6 is 15.9 Å². The molecule has 6 nitrogen and oxygen atoms in total. The Bertz CT molecular complexity index is 510. The van der Waals surface area contributed by atoms with Crippen molar-refractivity contribution in [2.45, 2.75) is 38.0 Å². The molecule has 100 valence electrons. The lowest BCUT2D eigenvalue weighted by molar-refractivity contribution is -0.0280. The zero-order valence-electron chi connectivity index (χ0n) is 9.59. The quantitative estimate of drug-likeness (QED) is 0.832. The smallest absolute Gasteiger partial charge is 0.351 e. The van der Waals surface area contributed by atoms with E-state index in [0.717, 1.165) is 4.57 Å². The molecule has 0 spiro atoms. The topological polar surface area (TPSA) is 90.4 Å². The molecule has 1 aliphatic heterocycles. The lowest BCUT2D eigenvalue weighted by Gasteiger charge is -2.16. The van der Waals surface area contributed by atoms with Crippen molar-refractivity contribution in [3.63, 3.8) is 0 Å². The Morgan fingerprint density at radius 1 is 1.72 bits per heavy atom. The summed E-state index contributed by atoms with van der Waals surface area (Å²) in [5, 5.41) is 9.63. The van der Waals surface area contributed by atoms with Gasteiger partial charge < -0.3 is 15.6 Å². The third-order valence-electron chi connectivity index (χ3n) is 2.90. The van der Waals surface area contributed by atoms with Crippen LogP contribution in [0.4, 0.5) is 10.2 Å². The number of nitrogen functional groups attached to an aromatic ring is 1. The van der Waals surface area contributed by atoms with E-state index in [0.29, 0.717) is 10.9 Å². The van der Waals surface area contributed by atoms with Crippen LogP contribution in [0.3, 0.4) is 0 Å². The second-order valence-corrected chi connectivity index (χ2v) is 4.93. The normalized spacial score (nSPS) is 31.8. The van der Waals surface area contributed by atoms with Gasteiger partial charge in [-0.25, -0.2) is 9.18 Å². The molecule has 1 aromatic heterocycles. The number of halogens is 2. The van der Waals surface area contributed by atoms with Gasteiger partial charge >= 0.3 is 5.69 Å². The molecule has 0 radical (unpaired) electrons. The fraction of sp³-hybridized carbons (Fsp3) is 0.600. The molecule has 0 amide bonds. The van der Waals surface area contributed by atoms with Gasteiger partial charge in [-0.15, -0.1) is 0 Å². The predicted molar refractivity (Wildman–Crippen MR) is 65.7 cm³/mol. The van der Waals surface area contributed by atoms with Gasteiger partial charge in [0.1, 0.15) is 11.9 Å². The summed E-state index contributed by atoms with van der Waals surface area (Å²) in [5.74, 6) is 0.0252. The third kappa shape index (κ3) is 2.15. The predicted octanol–water partition coefficient (Wildman–Crippen LogP) is 0.594. The lowest BCUT2D eigenvalue weighted by Crippen LogP contribution is -2.33. The summed E-state index contributed by atoms with van der Waals surface area (Å²) < 4.78 is 20.6. The molecular formula is C10H13BrFN3O3. The monoisotopic (exact) mass is 320 g/mol. The minimum Gasteiger partial charge on any atom is -0.387 e. The third-order valence-corrected chi connectivity index (χ3v) is 3.52. The van der Waals surface area contributed by atoms with Gasteiger partial charge in [-0.2, -0.15) is 4.98 Å². The molecule has 0 saturated carbocycles. The van der Waals surface area contributed by atoms with E-state index >= 15 is 0 Å². The zero-order chi connectivity index (χ0) is 13.4. The van der Waals surface area contributed by atoms with Crippen molar-refractivity contribution in [3.05, 3.63) is 21.2 Å². The molecule has 4 atom stereocenters. The van der Waals surface area contributed by atoms with Crippen molar-refractivity contribution < 1.29 is 14.2 Å². The second-order valence-electron chi connectivity index (χ2n) is 4.07. The molecule has 2 heterocycles. The van der Waals surface area contributed by atoms with Crippen molar-refractivity contribution in [3.8, 4) is 0 Å². The standard InChI is InChI=1S/C10H13BrFN3O3/c1-2-5-7(16)6(12)9(18-5)15-3-4(11)8(13)14-10(15)17/h3,5-7,9,16H,2H2,1H3,(H2,13,14,17)/i12-1. The van der Waals surface area contributed by atoms with E-state index < -0.39 is 30.3 Å². The second kappa shape index (κ2) is 4.94. The van der Waals surface area contributed by atoms with E-state index in [4.69, 9.17) is 10.5 Å². The fourth-order valence-electron chi connectivity index (χ4n) is 1.91. The van der Waals surface area contributed by atoms with Gasteiger partial charge in [-0.3, -0.25) is 4.57 Å². The minimum absolute atomic E-state index is 0.0252. The van der Waals surface area contributed by atoms with Gasteiger partial charge in [-0.05, 0) is 22.4 Å². The highest BCUT2D eigenvalue weighted by atomic mass is 79.9. The molecular weight excluding hydrogens is 308 g/mol. The van der Waals surface area contributed by atoms with Gasteiger partial charge in [0.15, 0.2) is 12.4 Å². The lowest BCUT2D eigenvalue weighted by atomic mass is 10.1. The first-order chi connectivity index (χ1) is 8.45. The van der Waals surface area contributed by atoms with Crippen LogP contribution in [-0.4, -0.2) is 33.0 Å². The minimum atomic E-state index is -1.68. The Labute approximate surface area is 111 Å². The van der Waals surface area contributed by atoms with E-state index in [1.807, 2.05) is 0 Å². The van der Waals surface area contributed by atoms with E-state index in [1.165, 1.54) is 6.20 Å². The first-order valence-electron chi connectivity index (χ1n) is 5.47. The maximum atomic E-state index is 13.9. The summed E-state index contributed by atoms with van der Waals surface area (Å²) in [5.41, 5.74) is 4.73. The largest absolute Gasteiger partial charge is 0.387 e. The first-order valence-corrected chi connectivity index (χ1v) is 6.26. The number of rotatable bonds is 2. The molecule has 2 rings (SSSR count). The summed E-state index contributed by atoms with van der Waals surface area (Å²) in [6.45, 7) is 1.77. The number of hydrogen-bond donors (Lipinski definition) is 2. The van der Waals surface area contributed by atoms with Gasteiger partial charge in [0.25, 0.3) is 0 Å². The molecule has 0 bridgehead atoms. The van der Waals surface area contributed by atoms with Crippen LogP contribution in [-0.2, 0) is 4.74 Å². The Balaban J connectivity index is 2.39. The Kier molecular flexibility index (Phi) is 3.69. The molecule has 18 heavy (non-hydrogen) atoms. The summed E-state index contributed by atoms with van der Waals surface area (Å²) in [6, 6.07) is 0. The van der Waals surface area contributed by atoms with Gasteiger partial charge in [0.05, 0.1) is 10.6 Å². The SMILES string of the molecule is CCC1OC(n2cc(Br)c(N)nc2=O)C([18F])C1O. The molecule has 4 unspecified atom stereocenters. The van der Waals surface area contributed by atoms with Crippen LogP contribution in [0.15, 0.2) is 15.5 Å². The summed E-state index contributed by atoms with van der Waals surface area (Å²) in [6.07, 6.45) is -2.97. The van der Waals surface area contributed by atoms with E-state index in [9.17, 15) is 14.3 Å². The molecule has 1 fully saturated rings. The number of ether oxygens (including phenoxy) is 1. The highest BCUT2D eigenvalue weighted by molar-refractivity contribution is 9.10. The number of nitrogens with zero attached hydrogens (tertiary/aromatic N) is 2. The van der Waals surface area contributed by atoms with Crippen molar-refractivity contribution >= 4 is 21.7 Å². The van der Waals surface area contributed by atoms with Crippen LogP contribution in [0.1, 0.15) is 19.6 Å². The number of aliphatic hydroxyl groups is 1. The van der Waals surface area contributed by atoms with Crippen molar-refractivity contribution in [2.24, 2.45) is 0 Å². The molecule has 3 N–H and O–H groups in total. The molecule has 8 heteroatoms. The number of aromatic nitrogens is 2. The Hall–Kier alpha value is -0.990. The van der Waals surface area contributed by atoms with Crippen molar-refractivity contribution in [1.82, 2.24) is 9.55 Å². The van der Waals surface area contributed by atoms with Gasteiger partial charge in [0, 0.05) is 6.20 Å². The molecule has 1 saturated heterocycles. The van der Waals surface area contributed by atoms with Crippen molar-refractivity contribution in [2.75, 3.05) is 5.73 Å². The summed E-state index contributed by atoms with van der Waals surface area (Å²) >= 11 is 3.11. The van der Waals surface area contributed by atoms with Gasteiger partial charge in [0.2, 0.25) is 0 Å². The zero-order valence-corrected chi connectivity index (χ0v) is 11.2. The van der Waals surface area contributed by atoms with E-state index in [1.54, 1.807) is 6.92 Å². The van der Waals surface area contributed by atoms with Crippen LogP contribution in [0, 0.1) is 0 Å². The number of nitrogens with two attached hydrogens (primary N) is 1. The van der Waals surface area contributed by atoms with Crippen LogP contribution < -0.4 is 11.4 Å².